The number of aromatic nitrogens is 1. The molecule has 3 amide bonds. The number of ether oxygens (including phenoxy) is 1. The fourth-order valence-electron chi connectivity index (χ4n) is 3.34. The fraction of sp³-hybridized carbons (Fsp3) is 0.0417. The second-order valence-corrected chi connectivity index (χ2v) is 8.01. The van der Waals surface area contributed by atoms with E-state index >= 15 is 0 Å². The molecule has 0 atom stereocenters. The van der Waals surface area contributed by atoms with Crippen LogP contribution in [0.1, 0.15) is 10.5 Å². The van der Waals surface area contributed by atoms with Crippen molar-refractivity contribution < 1.29 is 23.5 Å². The minimum absolute atomic E-state index is 0.00392. The van der Waals surface area contributed by atoms with Crippen molar-refractivity contribution in [1.82, 2.24) is 4.68 Å². The number of hydrogen-bond donors (Lipinski definition) is 3. The van der Waals surface area contributed by atoms with Crippen LogP contribution in [0.3, 0.4) is 0 Å². The zero-order chi connectivity index (χ0) is 25.1. The Bertz CT molecular complexity index is 1450. The van der Waals surface area contributed by atoms with Crippen LogP contribution in [0.4, 0.5) is 15.8 Å². The first-order valence-corrected chi connectivity index (χ1v) is 10.9. The van der Waals surface area contributed by atoms with Crippen molar-refractivity contribution in [1.29, 1.82) is 0 Å². The number of benzene rings is 3. The lowest BCUT2D eigenvalue weighted by Crippen LogP contribution is -2.36. The van der Waals surface area contributed by atoms with Gasteiger partial charge in [-0.2, -0.15) is 0 Å². The Morgan fingerprint density at radius 3 is 2.34 bits per heavy atom. The van der Waals surface area contributed by atoms with Crippen LogP contribution in [0, 0.1) is 5.82 Å². The highest BCUT2D eigenvalue weighted by Gasteiger charge is 2.23. The van der Waals surface area contributed by atoms with Crippen molar-refractivity contribution in [3.05, 3.63) is 88.3 Å². The first kappa shape index (κ1) is 24.1. The largest absolute Gasteiger partial charge is 0.494 e. The Morgan fingerprint density at radius 2 is 1.63 bits per heavy atom. The van der Waals surface area contributed by atoms with Gasteiger partial charge in [-0.05, 0) is 48.5 Å². The third-order valence-corrected chi connectivity index (χ3v) is 5.78. The molecule has 0 fully saturated rings. The van der Waals surface area contributed by atoms with Crippen LogP contribution in [0.25, 0.3) is 10.9 Å². The van der Waals surface area contributed by atoms with E-state index in [1.165, 1.54) is 49.6 Å². The molecule has 4 aromatic rings. The molecule has 3 aromatic carbocycles. The second-order valence-electron chi connectivity index (χ2n) is 7.22. The first-order valence-electron chi connectivity index (χ1n) is 10.1. The van der Waals surface area contributed by atoms with Crippen molar-refractivity contribution in [2.75, 3.05) is 23.2 Å². The molecule has 0 aliphatic rings. The summed E-state index contributed by atoms with van der Waals surface area (Å²) < 4.78 is 19.8. The van der Waals surface area contributed by atoms with Crippen molar-refractivity contribution in [3.8, 4) is 5.75 Å². The van der Waals surface area contributed by atoms with E-state index in [4.69, 9.17) is 27.9 Å². The Morgan fingerprint density at radius 1 is 0.914 bits per heavy atom. The summed E-state index contributed by atoms with van der Waals surface area (Å²) in [6, 6.07) is 16.3. The molecule has 4 rings (SSSR count). The lowest BCUT2D eigenvalue weighted by atomic mass is 10.2. The van der Waals surface area contributed by atoms with Gasteiger partial charge in [0.1, 0.15) is 22.8 Å². The van der Waals surface area contributed by atoms with Crippen LogP contribution in [0.5, 0.6) is 5.75 Å². The maximum atomic E-state index is 13.2. The molecule has 0 aliphatic carbocycles. The van der Waals surface area contributed by atoms with E-state index in [1.54, 1.807) is 24.3 Å². The molecule has 0 saturated carbocycles. The molecule has 8 nitrogen and oxygen atoms in total. The third kappa shape index (κ3) is 5.06. The number of halogens is 3. The van der Waals surface area contributed by atoms with Gasteiger partial charge in [0.05, 0.1) is 22.8 Å². The van der Waals surface area contributed by atoms with Crippen LogP contribution in [0.2, 0.25) is 10.0 Å². The number of fused-ring (bicyclic) bond motifs is 1. The van der Waals surface area contributed by atoms with Crippen LogP contribution >= 0.6 is 23.2 Å². The molecular formula is C24H17Cl2FN4O4. The summed E-state index contributed by atoms with van der Waals surface area (Å²) >= 11 is 12.0. The van der Waals surface area contributed by atoms with Gasteiger partial charge < -0.3 is 15.4 Å². The summed E-state index contributed by atoms with van der Waals surface area (Å²) in [5, 5.41) is 5.85. The molecule has 1 aromatic heterocycles. The summed E-state index contributed by atoms with van der Waals surface area (Å²) in [5.41, 5.74) is 3.25. The Balaban J connectivity index is 1.67. The molecule has 11 heteroatoms. The number of rotatable bonds is 5. The number of methoxy groups -OCH3 is 1. The van der Waals surface area contributed by atoms with Gasteiger partial charge in [0, 0.05) is 11.1 Å². The molecule has 178 valence electrons. The zero-order valence-corrected chi connectivity index (χ0v) is 19.6. The van der Waals surface area contributed by atoms with Gasteiger partial charge in [-0.15, -0.1) is 0 Å². The molecule has 35 heavy (non-hydrogen) atoms. The van der Waals surface area contributed by atoms with Gasteiger partial charge in [-0.1, -0.05) is 41.4 Å². The minimum atomic E-state index is -1.08. The number of hydrogen-bond acceptors (Lipinski definition) is 4. The number of para-hydroxylation sites is 1. The highest BCUT2D eigenvalue weighted by Crippen LogP contribution is 2.30. The van der Waals surface area contributed by atoms with E-state index in [0.717, 1.165) is 4.68 Å². The van der Waals surface area contributed by atoms with Crippen molar-refractivity contribution >= 4 is 63.2 Å². The highest BCUT2D eigenvalue weighted by molar-refractivity contribution is 6.46. The van der Waals surface area contributed by atoms with E-state index < -0.39 is 23.5 Å². The summed E-state index contributed by atoms with van der Waals surface area (Å²) in [5.74, 6) is -2.86. The zero-order valence-electron chi connectivity index (χ0n) is 18.1. The van der Waals surface area contributed by atoms with Crippen LogP contribution in [-0.4, -0.2) is 29.5 Å². The van der Waals surface area contributed by atoms with Gasteiger partial charge in [0.25, 0.3) is 5.91 Å². The quantitative estimate of drug-likeness (QED) is 0.324. The first-order chi connectivity index (χ1) is 16.8. The topological polar surface area (TPSA) is 101 Å². The lowest BCUT2D eigenvalue weighted by Gasteiger charge is -2.14. The normalized spacial score (nSPS) is 10.6. The molecule has 0 radical (unpaired) electrons. The standard InChI is InChI=1S/C24H17Cl2FN4O4/c1-35-19-7-2-4-13-12-18(22(32)28-15-10-8-14(27)9-11-15)31(21(13)19)30-24(34)23(33)29-17-6-3-5-16(25)20(17)26/h2-12H,1H3,(H,28,32)(H,29,33)(H,30,34). The molecule has 0 aliphatic heterocycles. The number of carbonyl (C=O) groups is 3. The maximum absolute atomic E-state index is 13.2. The predicted octanol–water partition coefficient (Wildman–Crippen LogP) is 5.06. The van der Waals surface area contributed by atoms with E-state index in [9.17, 15) is 18.8 Å². The average Bonchev–Trinajstić information content (AvgIpc) is 3.22. The fourth-order valence-corrected chi connectivity index (χ4v) is 3.68. The Hall–Kier alpha value is -4.08. The van der Waals surface area contributed by atoms with Crippen molar-refractivity contribution in [2.45, 2.75) is 0 Å². The van der Waals surface area contributed by atoms with Gasteiger partial charge >= 0.3 is 11.8 Å². The third-order valence-electron chi connectivity index (χ3n) is 4.96. The van der Waals surface area contributed by atoms with Crippen LogP contribution < -0.4 is 20.8 Å². The van der Waals surface area contributed by atoms with Gasteiger partial charge in [-0.25, -0.2) is 9.07 Å². The SMILES string of the molecule is COc1cccc2cc(C(=O)Nc3ccc(F)cc3)n(NC(=O)C(=O)Nc3cccc(Cl)c3Cl)c12. The molecular weight excluding hydrogens is 498 g/mol. The summed E-state index contributed by atoms with van der Waals surface area (Å²) in [6.07, 6.45) is 0. The highest BCUT2D eigenvalue weighted by atomic mass is 35.5. The van der Waals surface area contributed by atoms with E-state index in [0.29, 0.717) is 22.3 Å². The minimum Gasteiger partial charge on any atom is -0.494 e. The summed E-state index contributed by atoms with van der Waals surface area (Å²) in [4.78, 5) is 38.4. The van der Waals surface area contributed by atoms with Crippen molar-refractivity contribution in [3.63, 3.8) is 0 Å². The van der Waals surface area contributed by atoms with Crippen LogP contribution in [-0.2, 0) is 9.59 Å². The summed E-state index contributed by atoms with van der Waals surface area (Å²) in [6.45, 7) is 0. The summed E-state index contributed by atoms with van der Waals surface area (Å²) in [7, 11) is 1.43. The Labute approximate surface area is 208 Å². The molecule has 0 bridgehead atoms. The van der Waals surface area contributed by atoms with Gasteiger partial charge in [0.15, 0.2) is 0 Å². The predicted molar refractivity (Wildman–Crippen MR) is 132 cm³/mol. The maximum Gasteiger partial charge on any atom is 0.328 e. The molecule has 3 N–H and O–H groups in total. The number of carbonyl (C=O) groups excluding carboxylic acids is 3. The number of amides is 3. The van der Waals surface area contributed by atoms with Crippen molar-refractivity contribution in [2.24, 2.45) is 0 Å². The van der Waals surface area contributed by atoms with E-state index in [2.05, 4.69) is 16.1 Å². The molecule has 0 saturated heterocycles. The van der Waals surface area contributed by atoms with Gasteiger partial charge in [0.2, 0.25) is 0 Å². The molecule has 1 heterocycles. The van der Waals surface area contributed by atoms with E-state index in [1.807, 2.05) is 0 Å². The molecule has 0 spiro atoms. The van der Waals surface area contributed by atoms with Crippen LogP contribution in [0.15, 0.2) is 66.7 Å². The second kappa shape index (κ2) is 10.0. The molecule has 0 unspecified atom stereocenters. The smallest absolute Gasteiger partial charge is 0.328 e. The number of nitrogens with one attached hydrogen (secondary N) is 3. The number of anilines is 2. The monoisotopic (exact) mass is 514 g/mol. The van der Waals surface area contributed by atoms with Gasteiger partial charge in [-0.3, -0.25) is 19.8 Å². The Kier molecular flexibility index (Phi) is 6.90. The average molecular weight is 515 g/mol. The number of nitrogens with zero attached hydrogens (tertiary/aromatic N) is 1. The lowest BCUT2D eigenvalue weighted by molar-refractivity contribution is -0.133. The van der Waals surface area contributed by atoms with E-state index in [-0.39, 0.29) is 21.4 Å².